The Bertz CT molecular complexity index is 1620. The van der Waals surface area contributed by atoms with Crippen molar-refractivity contribution in [3.63, 3.8) is 0 Å². The van der Waals surface area contributed by atoms with Crippen LogP contribution in [0.4, 0.5) is 0 Å². The third-order valence-corrected chi connectivity index (χ3v) is 6.27. The molecule has 150 valence electrons. The molecule has 0 radical (unpaired) electrons. The zero-order chi connectivity index (χ0) is 21.1. The van der Waals surface area contributed by atoms with Crippen LogP contribution in [0.2, 0.25) is 0 Å². The van der Waals surface area contributed by atoms with Crippen LogP contribution >= 0.6 is 0 Å². The van der Waals surface area contributed by atoms with E-state index < -0.39 is 0 Å². The van der Waals surface area contributed by atoms with E-state index in [9.17, 15) is 0 Å². The van der Waals surface area contributed by atoms with E-state index in [4.69, 9.17) is 9.97 Å². The van der Waals surface area contributed by atoms with Gasteiger partial charge in [-0.15, -0.1) is 0 Å². The fourth-order valence-corrected chi connectivity index (χ4v) is 4.69. The molecule has 0 aliphatic heterocycles. The summed E-state index contributed by atoms with van der Waals surface area (Å²) in [6, 6.07) is 28.1. The molecule has 4 aromatic carbocycles. The van der Waals surface area contributed by atoms with Crippen molar-refractivity contribution >= 4 is 43.5 Å². The average molecular weight is 402 g/mol. The Labute approximate surface area is 181 Å². The number of fused-ring (bicyclic) bond motifs is 6. The standard InChI is InChI=1S/C28H23N3/c1-17(2)28-29-24(21-13-12-18-8-4-5-10-20(18)16-21)27-25(30-28)23-15-14-19-9-6-7-11-22(19)26(23)31(27)3/h4-17H,1-3H3. The SMILES string of the molecule is CC(C)c1nc(-c2ccc3ccccc3c2)c2c(n1)c1ccc3ccccc3c1n2C. The van der Waals surface area contributed by atoms with E-state index in [1.165, 1.54) is 32.4 Å². The van der Waals surface area contributed by atoms with E-state index in [-0.39, 0.29) is 5.92 Å². The summed E-state index contributed by atoms with van der Waals surface area (Å²) in [4.78, 5) is 10.1. The summed E-state index contributed by atoms with van der Waals surface area (Å²) >= 11 is 0. The molecule has 0 saturated carbocycles. The van der Waals surface area contributed by atoms with Gasteiger partial charge in [0.1, 0.15) is 11.3 Å². The van der Waals surface area contributed by atoms with Gasteiger partial charge in [-0.3, -0.25) is 0 Å². The van der Waals surface area contributed by atoms with E-state index in [1.54, 1.807) is 0 Å². The molecule has 0 saturated heterocycles. The molecule has 0 N–H and O–H groups in total. The molecule has 3 heteroatoms. The second-order valence-corrected chi connectivity index (χ2v) is 8.59. The first-order valence-electron chi connectivity index (χ1n) is 10.8. The Balaban J connectivity index is 1.78. The first kappa shape index (κ1) is 18.1. The molecule has 0 atom stereocenters. The summed E-state index contributed by atoms with van der Waals surface area (Å²) in [6.07, 6.45) is 0. The van der Waals surface area contributed by atoms with Crippen molar-refractivity contribution in [2.75, 3.05) is 0 Å². The average Bonchev–Trinajstić information content (AvgIpc) is 3.10. The Morgan fingerprint density at radius 3 is 2.19 bits per heavy atom. The highest BCUT2D eigenvalue weighted by molar-refractivity contribution is 6.18. The van der Waals surface area contributed by atoms with Crippen LogP contribution in [0.15, 0.2) is 78.9 Å². The summed E-state index contributed by atoms with van der Waals surface area (Å²) < 4.78 is 2.28. The number of hydrogen-bond acceptors (Lipinski definition) is 2. The topological polar surface area (TPSA) is 30.7 Å². The summed E-state index contributed by atoms with van der Waals surface area (Å²) in [6.45, 7) is 4.32. The summed E-state index contributed by atoms with van der Waals surface area (Å²) in [5.41, 5.74) is 5.46. The van der Waals surface area contributed by atoms with Gasteiger partial charge in [0, 0.05) is 29.3 Å². The Morgan fingerprint density at radius 2 is 1.39 bits per heavy atom. The van der Waals surface area contributed by atoms with E-state index in [0.29, 0.717) is 0 Å². The van der Waals surface area contributed by atoms with E-state index in [0.717, 1.165) is 28.1 Å². The highest BCUT2D eigenvalue weighted by atomic mass is 15.0. The zero-order valence-electron chi connectivity index (χ0n) is 17.9. The van der Waals surface area contributed by atoms with Gasteiger partial charge in [0.2, 0.25) is 0 Å². The Kier molecular flexibility index (Phi) is 3.87. The van der Waals surface area contributed by atoms with Crippen LogP contribution < -0.4 is 0 Å². The smallest absolute Gasteiger partial charge is 0.132 e. The van der Waals surface area contributed by atoms with Crippen molar-refractivity contribution < 1.29 is 0 Å². The predicted octanol–water partition coefficient (Wildman–Crippen LogP) is 7.22. The maximum Gasteiger partial charge on any atom is 0.132 e. The molecule has 2 heterocycles. The quantitative estimate of drug-likeness (QED) is 0.307. The molecule has 6 aromatic rings. The molecule has 0 aliphatic carbocycles. The van der Waals surface area contributed by atoms with Crippen molar-refractivity contribution in [3.05, 3.63) is 84.7 Å². The molecular formula is C28H23N3. The maximum absolute atomic E-state index is 5.08. The van der Waals surface area contributed by atoms with E-state index in [2.05, 4.69) is 104 Å². The highest BCUT2D eigenvalue weighted by Gasteiger charge is 2.20. The minimum atomic E-state index is 0.249. The molecule has 0 spiro atoms. The molecule has 0 aliphatic rings. The van der Waals surface area contributed by atoms with Gasteiger partial charge in [-0.05, 0) is 28.3 Å². The number of benzene rings is 4. The minimum absolute atomic E-state index is 0.249. The van der Waals surface area contributed by atoms with E-state index >= 15 is 0 Å². The zero-order valence-corrected chi connectivity index (χ0v) is 17.9. The third-order valence-electron chi connectivity index (χ3n) is 6.27. The fourth-order valence-electron chi connectivity index (χ4n) is 4.69. The van der Waals surface area contributed by atoms with Gasteiger partial charge < -0.3 is 4.57 Å². The van der Waals surface area contributed by atoms with Crippen LogP contribution in [-0.4, -0.2) is 14.5 Å². The fraction of sp³-hybridized carbons (Fsp3) is 0.143. The first-order chi connectivity index (χ1) is 15.1. The molecule has 31 heavy (non-hydrogen) atoms. The number of hydrogen-bond donors (Lipinski definition) is 0. The summed E-state index contributed by atoms with van der Waals surface area (Å²) in [5, 5.41) is 6.13. The molecular weight excluding hydrogens is 378 g/mol. The second kappa shape index (κ2) is 6.64. The maximum atomic E-state index is 5.08. The van der Waals surface area contributed by atoms with E-state index in [1.807, 2.05) is 0 Å². The Hall–Kier alpha value is -3.72. The Morgan fingerprint density at radius 1 is 0.677 bits per heavy atom. The normalized spacial score (nSPS) is 12.0. The third kappa shape index (κ3) is 2.66. The monoisotopic (exact) mass is 401 g/mol. The van der Waals surface area contributed by atoms with Gasteiger partial charge in [0.05, 0.1) is 16.7 Å². The molecule has 6 rings (SSSR count). The van der Waals surface area contributed by atoms with Crippen LogP contribution in [0, 0.1) is 0 Å². The van der Waals surface area contributed by atoms with Gasteiger partial charge in [-0.1, -0.05) is 80.6 Å². The molecule has 3 nitrogen and oxygen atoms in total. The van der Waals surface area contributed by atoms with Gasteiger partial charge in [-0.2, -0.15) is 0 Å². The highest BCUT2D eigenvalue weighted by Crippen LogP contribution is 2.37. The number of rotatable bonds is 2. The summed E-state index contributed by atoms with van der Waals surface area (Å²) in [5.74, 6) is 1.13. The second-order valence-electron chi connectivity index (χ2n) is 8.59. The molecule has 2 aromatic heterocycles. The van der Waals surface area contributed by atoms with Gasteiger partial charge in [0.25, 0.3) is 0 Å². The van der Waals surface area contributed by atoms with Crippen LogP contribution in [0.5, 0.6) is 0 Å². The van der Waals surface area contributed by atoms with Crippen molar-refractivity contribution in [1.29, 1.82) is 0 Å². The van der Waals surface area contributed by atoms with Crippen LogP contribution in [0.25, 0.3) is 54.7 Å². The van der Waals surface area contributed by atoms with Crippen molar-refractivity contribution in [3.8, 4) is 11.3 Å². The van der Waals surface area contributed by atoms with Crippen LogP contribution in [-0.2, 0) is 7.05 Å². The largest absolute Gasteiger partial charge is 0.340 e. The lowest BCUT2D eigenvalue weighted by Crippen LogP contribution is -2.02. The van der Waals surface area contributed by atoms with Crippen molar-refractivity contribution in [2.24, 2.45) is 7.05 Å². The van der Waals surface area contributed by atoms with Crippen molar-refractivity contribution in [2.45, 2.75) is 19.8 Å². The van der Waals surface area contributed by atoms with Crippen molar-refractivity contribution in [1.82, 2.24) is 14.5 Å². The lowest BCUT2D eigenvalue weighted by atomic mass is 10.0. The molecule has 0 unspecified atom stereocenters. The number of aromatic nitrogens is 3. The lowest BCUT2D eigenvalue weighted by Gasteiger charge is -2.11. The summed E-state index contributed by atoms with van der Waals surface area (Å²) in [7, 11) is 2.14. The predicted molar refractivity (Wildman–Crippen MR) is 131 cm³/mol. The first-order valence-corrected chi connectivity index (χ1v) is 10.8. The number of aryl methyl sites for hydroxylation is 1. The van der Waals surface area contributed by atoms with Gasteiger partial charge in [-0.25, -0.2) is 9.97 Å². The molecule has 0 amide bonds. The van der Waals surface area contributed by atoms with Gasteiger partial charge >= 0.3 is 0 Å². The molecule has 0 fully saturated rings. The van der Waals surface area contributed by atoms with Crippen LogP contribution in [0.1, 0.15) is 25.6 Å². The minimum Gasteiger partial charge on any atom is -0.340 e. The number of nitrogens with zero attached hydrogens (tertiary/aromatic N) is 3. The molecule has 0 bridgehead atoms. The van der Waals surface area contributed by atoms with Crippen LogP contribution in [0.3, 0.4) is 0 Å². The lowest BCUT2D eigenvalue weighted by molar-refractivity contribution is 0.783. The van der Waals surface area contributed by atoms with Gasteiger partial charge in [0.15, 0.2) is 0 Å².